The van der Waals surface area contributed by atoms with E-state index in [1.54, 1.807) is 16.9 Å². The van der Waals surface area contributed by atoms with E-state index in [9.17, 15) is 4.79 Å². The lowest BCUT2D eigenvalue weighted by Crippen LogP contribution is -2.26. The standard InChI is InChI=1S/C18H23BrClN7O/c1-11-16(19)13(3)27(22-11)10-25-9-6-15(24-25)18(28)21-7-5-8-26-14(4)17(20)12(2)23-26/h6,9H,5,7-8,10H2,1-4H3,(H,21,28). The predicted octanol–water partition coefficient (Wildman–Crippen LogP) is 3.25. The van der Waals surface area contributed by atoms with Gasteiger partial charge in [-0.1, -0.05) is 11.6 Å². The van der Waals surface area contributed by atoms with E-state index >= 15 is 0 Å². The van der Waals surface area contributed by atoms with Gasteiger partial charge in [0.15, 0.2) is 0 Å². The van der Waals surface area contributed by atoms with Crippen LogP contribution in [0.5, 0.6) is 0 Å². The minimum atomic E-state index is -0.195. The van der Waals surface area contributed by atoms with Crippen molar-refractivity contribution in [2.24, 2.45) is 0 Å². The minimum absolute atomic E-state index is 0.195. The van der Waals surface area contributed by atoms with Crippen molar-refractivity contribution in [3.63, 3.8) is 0 Å². The van der Waals surface area contributed by atoms with E-state index in [4.69, 9.17) is 11.6 Å². The third-order valence-electron chi connectivity index (χ3n) is 4.57. The van der Waals surface area contributed by atoms with Crippen LogP contribution in [0.2, 0.25) is 5.02 Å². The van der Waals surface area contributed by atoms with Crippen LogP contribution in [0.4, 0.5) is 0 Å². The number of nitrogens with zero attached hydrogens (tertiary/aromatic N) is 6. The summed E-state index contributed by atoms with van der Waals surface area (Å²) in [4.78, 5) is 12.3. The molecule has 0 aliphatic carbocycles. The summed E-state index contributed by atoms with van der Waals surface area (Å²) in [6, 6.07) is 1.71. The fourth-order valence-electron chi connectivity index (χ4n) is 2.93. The Bertz CT molecular complexity index is 1000. The van der Waals surface area contributed by atoms with Crippen LogP contribution in [0.15, 0.2) is 16.7 Å². The van der Waals surface area contributed by atoms with Crippen LogP contribution in [0.1, 0.15) is 39.7 Å². The Morgan fingerprint density at radius 3 is 2.43 bits per heavy atom. The normalized spacial score (nSPS) is 11.2. The van der Waals surface area contributed by atoms with Crippen molar-refractivity contribution in [3.8, 4) is 0 Å². The first-order valence-electron chi connectivity index (χ1n) is 8.98. The second-order valence-corrected chi connectivity index (χ2v) is 7.85. The quantitative estimate of drug-likeness (QED) is 0.540. The van der Waals surface area contributed by atoms with Crippen molar-refractivity contribution in [3.05, 3.63) is 50.2 Å². The van der Waals surface area contributed by atoms with Gasteiger partial charge < -0.3 is 5.32 Å². The first-order valence-corrected chi connectivity index (χ1v) is 10.2. The van der Waals surface area contributed by atoms with Gasteiger partial charge in [0, 0.05) is 19.3 Å². The third kappa shape index (κ3) is 4.30. The Morgan fingerprint density at radius 1 is 1.11 bits per heavy atom. The van der Waals surface area contributed by atoms with Crippen LogP contribution in [0.3, 0.4) is 0 Å². The summed E-state index contributed by atoms with van der Waals surface area (Å²) >= 11 is 9.66. The molecule has 0 atom stereocenters. The van der Waals surface area contributed by atoms with Crippen molar-refractivity contribution in [1.29, 1.82) is 0 Å². The van der Waals surface area contributed by atoms with Crippen LogP contribution in [-0.2, 0) is 13.2 Å². The SMILES string of the molecule is Cc1nn(CCCNC(=O)c2ccn(Cn3nc(C)c(Br)c3C)n2)c(C)c1Cl. The van der Waals surface area contributed by atoms with Crippen LogP contribution < -0.4 is 5.32 Å². The molecule has 3 rings (SSSR count). The zero-order valence-electron chi connectivity index (χ0n) is 16.3. The maximum Gasteiger partial charge on any atom is 0.271 e. The van der Waals surface area contributed by atoms with Crippen LogP contribution in [0, 0.1) is 27.7 Å². The zero-order valence-corrected chi connectivity index (χ0v) is 18.7. The monoisotopic (exact) mass is 467 g/mol. The van der Waals surface area contributed by atoms with Crippen molar-refractivity contribution in [2.75, 3.05) is 6.54 Å². The zero-order chi connectivity index (χ0) is 20.4. The maximum absolute atomic E-state index is 12.3. The van der Waals surface area contributed by atoms with Gasteiger partial charge in [0.2, 0.25) is 0 Å². The highest BCUT2D eigenvalue weighted by molar-refractivity contribution is 9.10. The molecule has 8 nitrogen and oxygen atoms in total. The smallest absolute Gasteiger partial charge is 0.271 e. The molecule has 10 heteroatoms. The van der Waals surface area contributed by atoms with E-state index in [1.807, 2.05) is 37.1 Å². The van der Waals surface area contributed by atoms with E-state index in [1.165, 1.54) is 0 Å². The molecule has 0 radical (unpaired) electrons. The summed E-state index contributed by atoms with van der Waals surface area (Å²) in [6.45, 7) is 9.42. The molecule has 0 spiro atoms. The molecule has 0 bridgehead atoms. The Kier molecular flexibility index (Phi) is 6.24. The molecule has 150 valence electrons. The van der Waals surface area contributed by atoms with Gasteiger partial charge in [0.05, 0.1) is 32.3 Å². The highest BCUT2D eigenvalue weighted by Crippen LogP contribution is 2.20. The summed E-state index contributed by atoms with van der Waals surface area (Å²) in [5.74, 6) is -0.195. The predicted molar refractivity (Wildman–Crippen MR) is 111 cm³/mol. The Morgan fingerprint density at radius 2 is 1.82 bits per heavy atom. The average Bonchev–Trinajstić information content (AvgIpc) is 3.30. The molecular weight excluding hydrogens is 446 g/mol. The van der Waals surface area contributed by atoms with E-state index in [0.29, 0.717) is 30.5 Å². The second-order valence-electron chi connectivity index (χ2n) is 6.68. The topological polar surface area (TPSA) is 82.6 Å². The fourth-order valence-corrected chi connectivity index (χ4v) is 3.34. The number of hydrogen-bond acceptors (Lipinski definition) is 4. The minimum Gasteiger partial charge on any atom is -0.351 e. The molecular formula is C18H23BrClN7O. The van der Waals surface area contributed by atoms with Gasteiger partial charge in [-0.25, -0.2) is 4.68 Å². The Labute approximate surface area is 177 Å². The van der Waals surface area contributed by atoms with E-state index in [2.05, 4.69) is 36.5 Å². The number of halogens is 2. The van der Waals surface area contributed by atoms with Crippen LogP contribution in [-0.4, -0.2) is 41.8 Å². The van der Waals surface area contributed by atoms with Crippen molar-refractivity contribution in [2.45, 2.75) is 47.3 Å². The van der Waals surface area contributed by atoms with Crippen molar-refractivity contribution < 1.29 is 4.79 Å². The lowest BCUT2D eigenvalue weighted by molar-refractivity contribution is 0.0946. The number of hydrogen-bond donors (Lipinski definition) is 1. The molecule has 0 saturated carbocycles. The van der Waals surface area contributed by atoms with Crippen LogP contribution >= 0.6 is 27.5 Å². The molecule has 28 heavy (non-hydrogen) atoms. The van der Waals surface area contributed by atoms with Gasteiger partial charge in [-0.05, 0) is 56.1 Å². The summed E-state index contributed by atoms with van der Waals surface area (Å²) in [5, 5.41) is 16.8. The maximum atomic E-state index is 12.3. The molecule has 0 aromatic carbocycles. The second kappa shape index (κ2) is 8.48. The van der Waals surface area contributed by atoms with Gasteiger partial charge >= 0.3 is 0 Å². The molecule has 0 aliphatic rings. The first-order chi connectivity index (χ1) is 13.3. The molecule has 0 fully saturated rings. The summed E-state index contributed by atoms with van der Waals surface area (Å²) in [6.07, 6.45) is 2.53. The molecule has 0 aliphatic heterocycles. The number of rotatable bonds is 7. The number of carbonyl (C=O) groups excluding carboxylic acids is 1. The lowest BCUT2D eigenvalue weighted by Gasteiger charge is -2.06. The van der Waals surface area contributed by atoms with E-state index < -0.39 is 0 Å². The van der Waals surface area contributed by atoms with Gasteiger partial charge in [-0.2, -0.15) is 15.3 Å². The van der Waals surface area contributed by atoms with Crippen molar-refractivity contribution in [1.82, 2.24) is 34.7 Å². The molecule has 0 unspecified atom stereocenters. The Hall–Kier alpha value is -2.13. The average molecular weight is 469 g/mol. The van der Waals surface area contributed by atoms with Crippen molar-refractivity contribution >= 4 is 33.4 Å². The number of carbonyl (C=O) groups is 1. The molecule has 0 saturated heterocycles. The third-order valence-corrected chi connectivity index (χ3v) is 6.27. The summed E-state index contributed by atoms with van der Waals surface area (Å²) in [5.41, 5.74) is 4.09. The number of amides is 1. The van der Waals surface area contributed by atoms with Gasteiger partial charge in [0.25, 0.3) is 5.91 Å². The first kappa shape index (κ1) is 20.6. The number of nitrogens with one attached hydrogen (secondary N) is 1. The van der Waals surface area contributed by atoms with Gasteiger partial charge in [0.1, 0.15) is 12.4 Å². The largest absolute Gasteiger partial charge is 0.351 e. The molecule has 3 aromatic rings. The van der Waals surface area contributed by atoms with E-state index in [-0.39, 0.29) is 5.91 Å². The van der Waals surface area contributed by atoms with Gasteiger partial charge in [-0.3, -0.25) is 14.2 Å². The van der Waals surface area contributed by atoms with E-state index in [0.717, 1.165) is 33.7 Å². The number of aromatic nitrogens is 6. The number of aryl methyl sites for hydroxylation is 3. The molecule has 1 N–H and O–H groups in total. The van der Waals surface area contributed by atoms with Gasteiger partial charge in [-0.15, -0.1) is 0 Å². The fraction of sp³-hybridized carbons (Fsp3) is 0.444. The summed E-state index contributed by atoms with van der Waals surface area (Å²) in [7, 11) is 0. The Balaban J connectivity index is 1.51. The molecule has 1 amide bonds. The summed E-state index contributed by atoms with van der Waals surface area (Å²) < 4.78 is 6.39. The highest BCUT2D eigenvalue weighted by Gasteiger charge is 2.13. The highest BCUT2D eigenvalue weighted by atomic mass is 79.9. The molecule has 3 aromatic heterocycles. The van der Waals surface area contributed by atoms with Crippen LogP contribution in [0.25, 0.3) is 0 Å². The molecule has 3 heterocycles. The lowest BCUT2D eigenvalue weighted by atomic mass is 10.3.